The lowest BCUT2D eigenvalue weighted by atomic mass is 9.68. The Bertz CT molecular complexity index is 273. The molecule has 0 amide bonds. The molecule has 0 aromatic rings. The summed E-state index contributed by atoms with van der Waals surface area (Å²) in [6, 6.07) is 0. The average molecular weight is 270 g/mol. The summed E-state index contributed by atoms with van der Waals surface area (Å²) >= 11 is 0. The number of hydrogen-bond donors (Lipinski definition) is 1. The molecule has 0 heterocycles. The largest absolute Gasteiger partial charge is 0.481 e. The van der Waals surface area contributed by atoms with Crippen LogP contribution in [-0.2, 0) is 4.79 Å². The predicted molar refractivity (Wildman–Crippen MR) is 82.3 cm³/mol. The van der Waals surface area contributed by atoms with Gasteiger partial charge >= 0.3 is 5.97 Å². The molecule has 1 N–H and O–H groups in total. The first-order valence-corrected chi connectivity index (χ1v) is 7.75. The van der Waals surface area contributed by atoms with E-state index in [0.29, 0.717) is 11.3 Å². The molecule has 2 nitrogen and oxygen atoms in total. The van der Waals surface area contributed by atoms with E-state index < -0.39 is 5.97 Å². The third-order valence-electron chi connectivity index (χ3n) is 3.83. The first-order chi connectivity index (χ1) is 8.52. The molecule has 0 saturated carbocycles. The summed E-state index contributed by atoms with van der Waals surface area (Å²) in [5.74, 6) is -0.482. The zero-order chi connectivity index (χ0) is 15.3. The highest BCUT2D eigenvalue weighted by Crippen LogP contribution is 2.41. The second-order valence-electron chi connectivity index (χ2n) is 8.01. The fourth-order valence-electron chi connectivity index (χ4n) is 3.66. The van der Waals surface area contributed by atoms with Gasteiger partial charge in [0.05, 0.1) is 5.92 Å². The summed E-state index contributed by atoms with van der Waals surface area (Å²) in [5, 5.41) is 9.44. The van der Waals surface area contributed by atoms with Gasteiger partial charge in [0, 0.05) is 0 Å². The number of carboxylic acids is 1. The Morgan fingerprint density at radius 3 is 1.95 bits per heavy atom. The minimum absolute atomic E-state index is 0.172. The second kappa shape index (κ2) is 7.31. The van der Waals surface area contributed by atoms with E-state index in [9.17, 15) is 9.90 Å². The quantitative estimate of drug-likeness (QED) is 0.644. The number of rotatable bonds is 8. The molecular formula is C17H34O2. The van der Waals surface area contributed by atoms with E-state index in [1.165, 1.54) is 0 Å². The molecule has 0 fully saturated rings. The molecule has 0 aromatic heterocycles. The van der Waals surface area contributed by atoms with Gasteiger partial charge in [0.1, 0.15) is 0 Å². The molecule has 2 atom stereocenters. The van der Waals surface area contributed by atoms with Crippen molar-refractivity contribution in [1.82, 2.24) is 0 Å². The summed E-state index contributed by atoms with van der Waals surface area (Å²) in [6.07, 6.45) is 4.86. The molecule has 2 unspecified atom stereocenters. The minimum atomic E-state index is -0.611. The van der Waals surface area contributed by atoms with Crippen molar-refractivity contribution in [1.29, 1.82) is 0 Å². The molecule has 0 radical (unpaired) electrons. The topological polar surface area (TPSA) is 37.3 Å². The Morgan fingerprint density at radius 2 is 1.63 bits per heavy atom. The number of aliphatic carboxylic acids is 1. The Morgan fingerprint density at radius 1 is 1.11 bits per heavy atom. The van der Waals surface area contributed by atoms with Gasteiger partial charge in [-0.05, 0) is 36.0 Å². The third kappa shape index (κ3) is 7.59. The third-order valence-corrected chi connectivity index (χ3v) is 3.83. The summed E-state index contributed by atoms with van der Waals surface area (Å²) < 4.78 is 0. The van der Waals surface area contributed by atoms with Crippen LogP contribution in [0.2, 0.25) is 0 Å². The van der Waals surface area contributed by atoms with Crippen molar-refractivity contribution in [3.8, 4) is 0 Å². The molecule has 0 bridgehead atoms. The Hall–Kier alpha value is -0.530. The summed E-state index contributed by atoms with van der Waals surface area (Å²) in [5.41, 5.74) is 0.506. The van der Waals surface area contributed by atoms with Crippen molar-refractivity contribution >= 4 is 5.97 Å². The maximum absolute atomic E-state index is 11.5. The first kappa shape index (κ1) is 18.5. The molecule has 2 heteroatoms. The van der Waals surface area contributed by atoms with Crippen LogP contribution < -0.4 is 0 Å². The molecule has 0 spiro atoms. The van der Waals surface area contributed by atoms with E-state index in [-0.39, 0.29) is 11.3 Å². The van der Waals surface area contributed by atoms with Gasteiger partial charge in [-0.2, -0.15) is 0 Å². The van der Waals surface area contributed by atoms with Crippen LogP contribution >= 0.6 is 0 Å². The lowest BCUT2D eigenvalue weighted by Crippen LogP contribution is -2.30. The first-order valence-electron chi connectivity index (χ1n) is 7.75. The maximum Gasteiger partial charge on any atom is 0.306 e. The van der Waals surface area contributed by atoms with Gasteiger partial charge in [0.25, 0.3) is 0 Å². The number of hydrogen-bond acceptors (Lipinski definition) is 1. The SMILES string of the molecule is CCCC(C(=O)O)C(CC)CC(C)(C)CC(C)(C)C. The van der Waals surface area contributed by atoms with Gasteiger partial charge in [0.15, 0.2) is 0 Å². The van der Waals surface area contributed by atoms with Crippen molar-refractivity contribution in [2.45, 2.75) is 80.6 Å². The van der Waals surface area contributed by atoms with Gasteiger partial charge < -0.3 is 5.11 Å². The van der Waals surface area contributed by atoms with E-state index in [2.05, 4.69) is 48.5 Å². The van der Waals surface area contributed by atoms with Crippen LogP contribution in [0, 0.1) is 22.7 Å². The van der Waals surface area contributed by atoms with Gasteiger partial charge in [-0.1, -0.05) is 61.3 Å². The van der Waals surface area contributed by atoms with Crippen LogP contribution in [-0.4, -0.2) is 11.1 Å². The fraction of sp³-hybridized carbons (Fsp3) is 0.941. The molecule has 0 aromatic carbocycles. The Labute approximate surface area is 120 Å². The van der Waals surface area contributed by atoms with Crippen LogP contribution in [0.1, 0.15) is 80.6 Å². The van der Waals surface area contributed by atoms with E-state index in [1.807, 2.05) is 0 Å². The maximum atomic E-state index is 11.5. The monoisotopic (exact) mass is 270 g/mol. The van der Waals surface area contributed by atoms with E-state index in [0.717, 1.165) is 32.1 Å². The minimum Gasteiger partial charge on any atom is -0.481 e. The van der Waals surface area contributed by atoms with Crippen molar-refractivity contribution in [2.24, 2.45) is 22.7 Å². The van der Waals surface area contributed by atoms with Gasteiger partial charge in [-0.3, -0.25) is 4.79 Å². The van der Waals surface area contributed by atoms with Crippen molar-refractivity contribution in [2.75, 3.05) is 0 Å². The molecule has 114 valence electrons. The van der Waals surface area contributed by atoms with Crippen molar-refractivity contribution in [3.05, 3.63) is 0 Å². The fourth-order valence-corrected chi connectivity index (χ4v) is 3.66. The van der Waals surface area contributed by atoms with Crippen LogP contribution in [0.3, 0.4) is 0 Å². The van der Waals surface area contributed by atoms with E-state index in [4.69, 9.17) is 0 Å². The summed E-state index contributed by atoms with van der Waals surface area (Å²) in [7, 11) is 0. The van der Waals surface area contributed by atoms with Crippen LogP contribution in [0.4, 0.5) is 0 Å². The summed E-state index contributed by atoms with van der Waals surface area (Å²) in [4.78, 5) is 11.5. The van der Waals surface area contributed by atoms with Crippen molar-refractivity contribution in [3.63, 3.8) is 0 Å². The van der Waals surface area contributed by atoms with Gasteiger partial charge in [-0.25, -0.2) is 0 Å². The highest BCUT2D eigenvalue weighted by molar-refractivity contribution is 5.70. The smallest absolute Gasteiger partial charge is 0.306 e. The van der Waals surface area contributed by atoms with Gasteiger partial charge in [0.2, 0.25) is 0 Å². The number of carbonyl (C=O) groups is 1. The number of carboxylic acid groups (broad SMARTS) is 1. The molecule has 0 aliphatic rings. The standard InChI is InChI=1S/C17H34O2/c1-8-10-14(15(18)19)13(9-2)11-17(6,7)12-16(3,4)5/h13-14H,8-12H2,1-7H3,(H,18,19). The van der Waals surface area contributed by atoms with E-state index in [1.54, 1.807) is 0 Å². The second-order valence-corrected chi connectivity index (χ2v) is 8.01. The lowest BCUT2D eigenvalue weighted by Gasteiger charge is -2.36. The summed E-state index contributed by atoms with van der Waals surface area (Å²) in [6.45, 7) is 15.5. The van der Waals surface area contributed by atoms with Gasteiger partial charge in [-0.15, -0.1) is 0 Å². The van der Waals surface area contributed by atoms with Crippen molar-refractivity contribution < 1.29 is 9.90 Å². The van der Waals surface area contributed by atoms with Crippen LogP contribution in [0.25, 0.3) is 0 Å². The van der Waals surface area contributed by atoms with Crippen LogP contribution in [0.5, 0.6) is 0 Å². The highest BCUT2D eigenvalue weighted by Gasteiger charge is 2.33. The molecule has 0 rings (SSSR count). The lowest BCUT2D eigenvalue weighted by molar-refractivity contribution is -0.144. The Kier molecular flexibility index (Phi) is 7.10. The molecule has 0 aliphatic heterocycles. The zero-order valence-corrected chi connectivity index (χ0v) is 14.0. The molecular weight excluding hydrogens is 236 g/mol. The zero-order valence-electron chi connectivity index (χ0n) is 14.0. The normalized spacial score (nSPS) is 16.2. The average Bonchev–Trinajstić information content (AvgIpc) is 2.19. The molecule has 19 heavy (non-hydrogen) atoms. The Balaban J connectivity index is 4.82. The molecule has 0 saturated heterocycles. The van der Waals surface area contributed by atoms with Crippen LogP contribution in [0.15, 0.2) is 0 Å². The highest BCUT2D eigenvalue weighted by atomic mass is 16.4. The van der Waals surface area contributed by atoms with E-state index >= 15 is 0 Å². The predicted octanol–water partition coefficient (Wildman–Crippen LogP) is 5.37. The molecule has 0 aliphatic carbocycles.